The van der Waals surface area contributed by atoms with Crippen LogP contribution < -0.4 is 5.32 Å². The van der Waals surface area contributed by atoms with E-state index in [-0.39, 0.29) is 0 Å². The van der Waals surface area contributed by atoms with E-state index >= 15 is 0 Å². The summed E-state index contributed by atoms with van der Waals surface area (Å²) in [5.74, 6) is 2.10. The summed E-state index contributed by atoms with van der Waals surface area (Å²) in [5.41, 5.74) is 0.995. The summed E-state index contributed by atoms with van der Waals surface area (Å²) in [7, 11) is 0. The molecular formula is C14H21N5S. The normalized spacial score (nSPS) is 10.8. The highest BCUT2D eigenvalue weighted by Gasteiger charge is 2.06. The third-order valence-electron chi connectivity index (χ3n) is 3.02. The molecular weight excluding hydrogens is 270 g/mol. The molecule has 0 unspecified atom stereocenters. The first kappa shape index (κ1) is 15.0. The van der Waals surface area contributed by atoms with Gasteiger partial charge in [-0.2, -0.15) is 16.4 Å². The molecule has 1 aromatic carbocycles. The number of aromatic nitrogens is 4. The fourth-order valence-electron chi connectivity index (χ4n) is 1.96. The zero-order valence-electron chi connectivity index (χ0n) is 11.8. The van der Waals surface area contributed by atoms with E-state index < -0.39 is 0 Å². The Labute approximate surface area is 124 Å². The van der Waals surface area contributed by atoms with Crippen LogP contribution in [-0.4, -0.2) is 38.8 Å². The van der Waals surface area contributed by atoms with Crippen LogP contribution in [0.15, 0.2) is 30.3 Å². The van der Waals surface area contributed by atoms with Gasteiger partial charge in [-0.1, -0.05) is 24.6 Å². The summed E-state index contributed by atoms with van der Waals surface area (Å²) in [5, 5.41) is 15.3. The third-order valence-corrected chi connectivity index (χ3v) is 3.72. The van der Waals surface area contributed by atoms with Gasteiger partial charge in [-0.05, 0) is 54.0 Å². The highest BCUT2D eigenvalue weighted by atomic mass is 32.2. The van der Waals surface area contributed by atoms with Gasteiger partial charge >= 0.3 is 0 Å². The second-order valence-electron chi connectivity index (χ2n) is 4.57. The fraction of sp³-hybridized carbons (Fsp3) is 0.500. The number of hydrogen-bond acceptors (Lipinski definition) is 5. The maximum atomic E-state index is 4.08. The average Bonchev–Trinajstić information content (AvgIpc) is 2.96. The Hall–Kier alpha value is -1.40. The molecule has 0 saturated heterocycles. The van der Waals surface area contributed by atoms with Crippen molar-refractivity contribution >= 4 is 11.8 Å². The summed E-state index contributed by atoms with van der Waals surface area (Å²) < 4.78 is 1.78. The van der Waals surface area contributed by atoms with Gasteiger partial charge < -0.3 is 5.32 Å². The monoisotopic (exact) mass is 291 g/mol. The number of hydrogen-bond donors (Lipinski definition) is 1. The van der Waals surface area contributed by atoms with Crippen LogP contribution in [0.2, 0.25) is 0 Å². The van der Waals surface area contributed by atoms with Crippen LogP contribution in [0.1, 0.15) is 25.1 Å². The van der Waals surface area contributed by atoms with Crippen LogP contribution in [0.3, 0.4) is 0 Å². The molecule has 0 amide bonds. The lowest BCUT2D eigenvalue weighted by atomic mass is 10.2. The Morgan fingerprint density at radius 1 is 1.15 bits per heavy atom. The minimum absolute atomic E-state index is 0.699. The number of benzene rings is 1. The maximum Gasteiger partial charge on any atom is 0.170 e. The van der Waals surface area contributed by atoms with Crippen molar-refractivity contribution in [1.82, 2.24) is 25.5 Å². The number of nitrogens with zero attached hydrogens (tertiary/aromatic N) is 4. The Morgan fingerprint density at radius 2 is 2.00 bits per heavy atom. The molecule has 0 aliphatic rings. The van der Waals surface area contributed by atoms with Gasteiger partial charge in [-0.15, -0.1) is 5.10 Å². The second kappa shape index (κ2) is 8.71. The molecule has 0 fully saturated rings. The molecule has 1 N–H and O–H groups in total. The van der Waals surface area contributed by atoms with Crippen molar-refractivity contribution in [3.63, 3.8) is 0 Å². The molecule has 0 atom stereocenters. The first-order valence-corrected chi connectivity index (χ1v) is 8.33. The van der Waals surface area contributed by atoms with Crippen LogP contribution >= 0.6 is 11.8 Å². The van der Waals surface area contributed by atoms with Crippen LogP contribution in [0.25, 0.3) is 5.69 Å². The predicted molar refractivity (Wildman–Crippen MR) is 83.1 cm³/mol. The summed E-state index contributed by atoms with van der Waals surface area (Å²) in [4.78, 5) is 0. The molecule has 2 rings (SSSR count). The van der Waals surface area contributed by atoms with Crippen molar-refractivity contribution in [3.8, 4) is 5.69 Å². The SMILES string of the molecule is CSCCCCCNCc1nnnn1-c1ccccc1. The Morgan fingerprint density at radius 3 is 2.80 bits per heavy atom. The fourth-order valence-corrected chi connectivity index (χ4v) is 2.45. The first-order chi connectivity index (χ1) is 9.92. The molecule has 2 aromatic rings. The Kier molecular flexibility index (Phi) is 6.53. The predicted octanol–water partition coefficient (Wildman–Crippen LogP) is 2.29. The number of tetrazole rings is 1. The standard InChI is InChI=1S/C14H21N5S/c1-20-11-7-3-6-10-15-12-14-16-17-18-19(14)13-8-4-2-5-9-13/h2,4-5,8-9,15H,3,6-7,10-12H2,1H3. The quantitative estimate of drug-likeness (QED) is 0.718. The van der Waals surface area contributed by atoms with E-state index in [1.54, 1.807) is 4.68 Å². The van der Waals surface area contributed by atoms with E-state index in [0.29, 0.717) is 6.54 Å². The van der Waals surface area contributed by atoms with E-state index in [0.717, 1.165) is 18.1 Å². The number of thioether (sulfide) groups is 1. The first-order valence-electron chi connectivity index (χ1n) is 6.94. The average molecular weight is 291 g/mol. The van der Waals surface area contributed by atoms with Crippen LogP contribution in [0.4, 0.5) is 0 Å². The third kappa shape index (κ3) is 4.61. The lowest BCUT2D eigenvalue weighted by molar-refractivity contribution is 0.595. The summed E-state index contributed by atoms with van der Waals surface area (Å²) >= 11 is 1.91. The molecule has 0 radical (unpaired) electrons. The van der Waals surface area contributed by atoms with E-state index in [2.05, 4.69) is 27.1 Å². The molecule has 5 nitrogen and oxygen atoms in total. The van der Waals surface area contributed by atoms with E-state index in [1.807, 2.05) is 42.1 Å². The van der Waals surface area contributed by atoms with Gasteiger partial charge in [0.25, 0.3) is 0 Å². The zero-order chi connectivity index (χ0) is 14.0. The molecule has 20 heavy (non-hydrogen) atoms. The molecule has 1 heterocycles. The molecule has 6 heteroatoms. The van der Waals surface area contributed by atoms with Gasteiger partial charge in [0.1, 0.15) is 0 Å². The highest BCUT2D eigenvalue weighted by molar-refractivity contribution is 7.98. The lowest BCUT2D eigenvalue weighted by Gasteiger charge is -2.06. The summed E-state index contributed by atoms with van der Waals surface area (Å²) in [6, 6.07) is 9.96. The Balaban J connectivity index is 1.76. The van der Waals surface area contributed by atoms with Gasteiger partial charge in [-0.3, -0.25) is 0 Å². The van der Waals surface area contributed by atoms with E-state index in [4.69, 9.17) is 0 Å². The highest BCUT2D eigenvalue weighted by Crippen LogP contribution is 2.06. The molecule has 0 bridgehead atoms. The van der Waals surface area contributed by atoms with E-state index in [1.165, 1.54) is 25.0 Å². The van der Waals surface area contributed by atoms with Crippen molar-refractivity contribution in [2.75, 3.05) is 18.6 Å². The van der Waals surface area contributed by atoms with Gasteiger partial charge in [0.15, 0.2) is 5.82 Å². The van der Waals surface area contributed by atoms with Crippen molar-refractivity contribution in [2.45, 2.75) is 25.8 Å². The van der Waals surface area contributed by atoms with Crippen molar-refractivity contribution in [1.29, 1.82) is 0 Å². The van der Waals surface area contributed by atoms with Gasteiger partial charge in [-0.25, -0.2) is 0 Å². The smallest absolute Gasteiger partial charge is 0.170 e. The van der Waals surface area contributed by atoms with Crippen molar-refractivity contribution in [3.05, 3.63) is 36.2 Å². The molecule has 0 aliphatic heterocycles. The molecule has 108 valence electrons. The second-order valence-corrected chi connectivity index (χ2v) is 5.56. The maximum absolute atomic E-state index is 4.08. The molecule has 0 saturated carbocycles. The topological polar surface area (TPSA) is 55.6 Å². The van der Waals surface area contributed by atoms with Crippen LogP contribution in [0.5, 0.6) is 0 Å². The van der Waals surface area contributed by atoms with Crippen molar-refractivity contribution in [2.24, 2.45) is 0 Å². The van der Waals surface area contributed by atoms with Gasteiger partial charge in [0.05, 0.1) is 12.2 Å². The van der Waals surface area contributed by atoms with Crippen LogP contribution in [0, 0.1) is 0 Å². The number of nitrogens with one attached hydrogen (secondary N) is 1. The lowest BCUT2D eigenvalue weighted by Crippen LogP contribution is -2.18. The van der Waals surface area contributed by atoms with Crippen LogP contribution in [-0.2, 0) is 6.54 Å². The number of para-hydroxylation sites is 1. The number of unbranched alkanes of at least 4 members (excludes halogenated alkanes) is 2. The van der Waals surface area contributed by atoms with Crippen molar-refractivity contribution < 1.29 is 0 Å². The minimum atomic E-state index is 0.699. The molecule has 0 aliphatic carbocycles. The largest absolute Gasteiger partial charge is 0.310 e. The van der Waals surface area contributed by atoms with E-state index in [9.17, 15) is 0 Å². The zero-order valence-corrected chi connectivity index (χ0v) is 12.6. The summed E-state index contributed by atoms with van der Waals surface area (Å²) in [6.45, 7) is 1.71. The van der Waals surface area contributed by atoms with Gasteiger partial charge in [0, 0.05) is 0 Å². The van der Waals surface area contributed by atoms with Gasteiger partial charge in [0.2, 0.25) is 0 Å². The summed E-state index contributed by atoms with van der Waals surface area (Å²) in [6.07, 6.45) is 5.93. The molecule has 1 aromatic heterocycles. The molecule has 0 spiro atoms. The minimum Gasteiger partial charge on any atom is -0.310 e. The Bertz CT molecular complexity index is 485. The number of rotatable bonds is 9.